The molecule has 82 valence electrons. The maximum Gasteiger partial charge on any atom is 0.0635 e. The van der Waals surface area contributed by atoms with E-state index in [0.29, 0.717) is 6.04 Å². The number of nitrogens with one attached hydrogen (secondary N) is 1. The molecule has 0 aromatic rings. The molecule has 2 aliphatic rings. The zero-order valence-electron chi connectivity index (χ0n) is 9.04. The monoisotopic (exact) mass is 198 g/mol. The molecule has 2 saturated carbocycles. The predicted molar refractivity (Wildman–Crippen MR) is 56.5 cm³/mol. The zero-order valence-corrected chi connectivity index (χ0v) is 9.04. The Bertz CT molecular complexity index is 174. The zero-order chi connectivity index (χ0) is 9.97. The second kappa shape index (κ2) is 4.60. The molecule has 0 saturated heterocycles. The van der Waals surface area contributed by atoms with Crippen LogP contribution in [-0.2, 0) is 4.74 Å². The molecule has 0 aromatic heterocycles. The first-order chi connectivity index (χ1) is 6.88. The van der Waals surface area contributed by atoms with Crippen LogP contribution in [0.1, 0.15) is 32.6 Å². The summed E-state index contributed by atoms with van der Waals surface area (Å²) in [5, 5.41) is 0. The van der Waals surface area contributed by atoms with Gasteiger partial charge in [0.1, 0.15) is 0 Å². The van der Waals surface area contributed by atoms with Gasteiger partial charge in [-0.2, -0.15) is 0 Å². The highest BCUT2D eigenvalue weighted by Gasteiger charge is 2.53. The Morgan fingerprint density at radius 1 is 1.36 bits per heavy atom. The molecule has 0 radical (unpaired) electrons. The van der Waals surface area contributed by atoms with E-state index < -0.39 is 0 Å². The lowest BCUT2D eigenvalue weighted by Gasteiger charge is -2.15. The molecule has 3 N–H and O–H groups in total. The number of hydrogen-bond donors (Lipinski definition) is 2. The first kappa shape index (κ1) is 10.4. The molecule has 3 unspecified atom stereocenters. The summed E-state index contributed by atoms with van der Waals surface area (Å²) in [6, 6.07) is 0.392. The van der Waals surface area contributed by atoms with Crippen LogP contribution in [0.4, 0.5) is 0 Å². The molecular formula is C11H22N2O. The van der Waals surface area contributed by atoms with Gasteiger partial charge in [0.2, 0.25) is 0 Å². The molecule has 3 heteroatoms. The Labute approximate surface area is 86.4 Å². The minimum atomic E-state index is 0.392. The van der Waals surface area contributed by atoms with Gasteiger partial charge in [-0.05, 0) is 37.5 Å². The average Bonchev–Trinajstić information content (AvgIpc) is 2.94. The number of hydrazine groups is 1. The smallest absolute Gasteiger partial charge is 0.0635 e. The van der Waals surface area contributed by atoms with E-state index in [2.05, 4.69) is 5.43 Å². The van der Waals surface area contributed by atoms with Gasteiger partial charge in [-0.15, -0.1) is 0 Å². The van der Waals surface area contributed by atoms with Crippen molar-refractivity contribution >= 4 is 0 Å². The van der Waals surface area contributed by atoms with Gasteiger partial charge in [0.15, 0.2) is 0 Å². The third-order valence-electron chi connectivity index (χ3n) is 3.90. The Kier molecular flexibility index (Phi) is 3.42. The molecule has 0 spiro atoms. The second-order valence-corrected chi connectivity index (χ2v) is 4.62. The molecule has 2 fully saturated rings. The Hall–Kier alpha value is -0.120. The highest BCUT2D eigenvalue weighted by atomic mass is 16.5. The van der Waals surface area contributed by atoms with Gasteiger partial charge in [-0.25, -0.2) is 0 Å². The molecule has 0 aliphatic heterocycles. The summed E-state index contributed by atoms with van der Waals surface area (Å²) in [4.78, 5) is 0. The summed E-state index contributed by atoms with van der Waals surface area (Å²) in [5.74, 6) is 8.28. The van der Waals surface area contributed by atoms with Crippen molar-refractivity contribution in [2.45, 2.75) is 38.6 Å². The van der Waals surface area contributed by atoms with Crippen molar-refractivity contribution < 1.29 is 4.74 Å². The maximum atomic E-state index is 5.58. The average molecular weight is 198 g/mol. The molecule has 0 amide bonds. The third kappa shape index (κ3) is 1.95. The van der Waals surface area contributed by atoms with Crippen molar-refractivity contribution in [1.82, 2.24) is 5.43 Å². The van der Waals surface area contributed by atoms with Gasteiger partial charge in [-0.3, -0.25) is 11.3 Å². The summed E-state index contributed by atoms with van der Waals surface area (Å²) in [5.41, 5.74) is 2.93. The molecule has 3 atom stereocenters. The van der Waals surface area contributed by atoms with Crippen LogP contribution in [0.25, 0.3) is 0 Å². The SMILES string of the molecule is CCOCC(NN)C1C2CCCCC21. The molecule has 0 bridgehead atoms. The van der Waals surface area contributed by atoms with E-state index in [9.17, 15) is 0 Å². The summed E-state index contributed by atoms with van der Waals surface area (Å²) in [7, 11) is 0. The van der Waals surface area contributed by atoms with Gasteiger partial charge in [0.25, 0.3) is 0 Å². The fraction of sp³-hybridized carbons (Fsp3) is 1.00. The minimum absolute atomic E-state index is 0.392. The number of ether oxygens (including phenoxy) is 1. The van der Waals surface area contributed by atoms with Crippen LogP contribution in [0.2, 0.25) is 0 Å². The van der Waals surface area contributed by atoms with Crippen molar-refractivity contribution in [1.29, 1.82) is 0 Å². The van der Waals surface area contributed by atoms with E-state index in [1.54, 1.807) is 0 Å². The minimum Gasteiger partial charge on any atom is -0.380 e. The van der Waals surface area contributed by atoms with Crippen molar-refractivity contribution in [3.8, 4) is 0 Å². The summed E-state index contributed by atoms with van der Waals surface area (Å²) in [6.07, 6.45) is 5.67. The number of hydrogen-bond acceptors (Lipinski definition) is 3. The molecule has 0 heterocycles. The highest BCUT2D eigenvalue weighted by molar-refractivity contribution is 5.04. The van der Waals surface area contributed by atoms with Crippen LogP contribution in [0.15, 0.2) is 0 Å². The molecule has 14 heavy (non-hydrogen) atoms. The van der Waals surface area contributed by atoms with Crippen LogP contribution < -0.4 is 11.3 Å². The molecule has 0 aromatic carbocycles. The molecule has 3 nitrogen and oxygen atoms in total. The number of nitrogens with two attached hydrogens (primary N) is 1. The second-order valence-electron chi connectivity index (χ2n) is 4.62. The molecule has 2 aliphatic carbocycles. The van der Waals surface area contributed by atoms with E-state index in [1.807, 2.05) is 6.92 Å². The Balaban J connectivity index is 1.81. The standard InChI is InChI=1S/C11H22N2O/c1-2-14-7-10(13-12)11-8-5-3-4-6-9(8)11/h8-11,13H,2-7,12H2,1H3. The quantitative estimate of drug-likeness (QED) is 0.517. The Morgan fingerprint density at radius 3 is 2.50 bits per heavy atom. The van der Waals surface area contributed by atoms with Crippen molar-refractivity contribution in [2.75, 3.05) is 13.2 Å². The number of rotatable bonds is 5. The topological polar surface area (TPSA) is 47.3 Å². The lowest BCUT2D eigenvalue weighted by Crippen LogP contribution is -2.41. The predicted octanol–water partition coefficient (Wildman–Crippen LogP) is 1.29. The first-order valence-electron chi connectivity index (χ1n) is 5.92. The molecular weight excluding hydrogens is 176 g/mol. The van der Waals surface area contributed by atoms with Crippen LogP contribution in [-0.4, -0.2) is 19.3 Å². The van der Waals surface area contributed by atoms with Gasteiger partial charge in [0.05, 0.1) is 6.61 Å². The van der Waals surface area contributed by atoms with Gasteiger partial charge < -0.3 is 4.74 Å². The summed E-state index contributed by atoms with van der Waals surface area (Å²) < 4.78 is 5.45. The van der Waals surface area contributed by atoms with Crippen LogP contribution in [0, 0.1) is 17.8 Å². The normalized spacial score (nSPS) is 37.7. The van der Waals surface area contributed by atoms with E-state index in [0.717, 1.165) is 31.0 Å². The Morgan fingerprint density at radius 2 is 2.00 bits per heavy atom. The summed E-state index contributed by atoms with van der Waals surface area (Å²) >= 11 is 0. The first-order valence-corrected chi connectivity index (χ1v) is 5.92. The number of fused-ring (bicyclic) bond motifs is 1. The summed E-state index contributed by atoms with van der Waals surface area (Å²) in [6.45, 7) is 3.61. The van der Waals surface area contributed by atoms with Crippen molar-refractivity contribution in [3.63, 3.8) is 0 Å². The van der Waals surface area contributed by atoms with Crippen molar-refractivity contribution in [3.05, 3.63) is 0 Å². The molecule has 2 rings (SSSR count). The third-order valence-corrected chi connectivity index (χ3v) is 3.90. The van der Waals surface area contributed by atoms with E-state index in [4.69, 9.17) is 10.6 Å². The van der Waals surface area contributed by atoms with Crippen molar-refractivity contribution in [2.24, 2.45) is 23.6 Å². The van der Waals surface area contributed by atoms with Gasteiger partial charge in [-0.1, -0.05) is 12.8 Å². The maximum absolute atomic E-state index is 5.58. The fourth-order valence-electron chi connectivity index (χ4n) is 3.16. The highest BCUT2D eigenvalue weighted by Crippen LogP contribution is 2.56. The van der Waals surface area contributed by atoms with Crippen LogP contribution in [0.5, 0.6) is 0 Å². The lowest BCUT2D eigenvalue weighted by atomic mass is 10.0. The largest absolute Gasteiger partial charge is 0.380 e. The lowest BCUT2D eigenvalue weighted by molar-refractivity contribution is 0.113. The van der Waals surface area contributed by atoms with Gasteiger partial charge in [0, 0.05) is 12.6 Å². The van der Waals surface area contributed by atoms with E-state index in [1.165, 1.54) is 25.7 Å². The fourth-order valence-corrected chi connectivity index (χ4v) is 3.16. The van der Waals surface area contributed by atoms with Crippen LogP contribution in [0.3, 0.4) is 0 Å². The van der Waals surface area contributed by atoms with E-state index in [-0.39, 0.29) is 0 Å². The van der Waals surface area contributed by atoms with Crippen LogP contribution >= 0.6 is 0 Å². The van der Waals surface area contributed by atoms with E-state index >= 15 is 0 Å². The van der Waals surface area contributed by atoms with Gasteiger partial charge >= 0.3 is 0 Å².